The van der Waals surface area contributed by atoms with E-state index in [0.29, 0.717) is 29.7 Å². The Bertz CT molecular complexity index is 824. The van der Waals surface area contributed by atoms with Gasteiger partial charge < -0.3 is 10.8 Å². The first-order valence-electron chi connectivity index (χ1n) is 13.0. The Balaban J connectivity index is 1.45. The summed E-state index contributed by atoms with van der Waals surface area (Å²) in [4.78, 5) is 0. The highest BCUT2D eigenvalue weighted by atomic mass is 16.3. The lowest BCUT2D eigenvalue weighted by atomic mass is 9.49. The quantitative estimate of drug-likeness (QED) is 0.663. The Morgan fingerprint density at radius 2 is 1.94 bits per heavy atom. The summed E-state index contributed by atoms with van der Waals surface area (Å²) in [6.07, 6.45) is 15.6. The van der Waals surface area contributed by atoms with Crippen LogP contribution >= 0.6 is 0 Å². The fourth-order valence-electron chi connectivity index (χ4n) is 8.51. The van der Waals surface area contributed by atoms with Crippen molar-refractivity contribution in [3.8, 4) is 0 Å². The van der Waals surface area contributed by atoms with Gasteiger partial charge in [0, 0.05) is 12.3 Å². The molecule has 31 heavy (non-hydrogen) atoms. The molecule has 6 atom stereocenters. The summed E-state index contributed by atoms with van der Waals surface area (Å²) in [6, 6.07) is 0.567. The van der Waals surface area contributed by atoms with Crippen LogP contribution in [0.1, 0.15) is 88.9 Å². The molecule has 1 aromatic heterocycles. The first kappa shape index (κ1) is 21.7. The maximum Gasteiger partial charge on any atom is 0.0525 e. The van der Waals surface area contributed by atoms with E-state index in [-0.39, 0.29) is 17.4 Å². The third kappa shape index (κ3) is 3.27. The molecule has 4 aliphatic rings. The molecule has 0 bridgehead atoms. The zero-order chi connectivity index (χ0) is 21.8. The zero-order valence-electron chi connectivity index (χ0n) is 19.8. The van der Waals surface area contributed by atoms with Gasteiger partial charge in [-0.2, -0.15) is 5.10 Å². The van der Waals surface area contributed by atoms with E-state index in [4.69, 9.17) is 10.8 Å². The lowest BCUT2D eigenvalue weighted by molar-refractivity contribution is -0.0541. The second kappa shape index (κ2) is 8.02. The fourth-order valence-corrected chi connectivity index (χ4v) is 8.51. The average molecular weight is 426 g/mol. The van der Waals surface area contributed by atoms with Crippen molar-refractivity contribution in [1.82, 2.24) is 9.78 Å². The number of fused-ring (bicyclic) bond motifs is 2. The van der Waals surface area contributed by atoms with Crippen LogP contribution < -0.4 is 5.73 Å². The summed E-state index contributed by atoms with van der Waals surface area (Å²) in [7, 11) is 0. The van der Waals surface area contributed by atoms with Crippen LogP contribution in [0.4, 0.5) is 0 Å². The van der Waals surface area contributed by atoms with E-state index in [2.05, 4.69) is 31.3 Å². The Labute approximate surface area is 188 Å². The van der Waals surface area contributed by atoms with Crippen LogP contribution in [0.15, 0.2) is 18.3 Å². The maximum atomic E-state index is 10.6. The molecule has 0 spiro atoms. The second-order valence-corrected chi connectivity index (χ2v) is 11.8. The Kier molecular flexibility index (Phi) is 5.62. The van der Waals surface area contributed by atoms with Crippen LogP contribution in [-0.4, -0.2) is 28.0 Å². The van der Waals surface area contributed by atoms with Crippen molar-refractivity contribution < 1.29 is 5.11 Å². The molecule has 4 aliphatic carbocycles. The molecule has 1 aromatic rings. The van der Waals surface area contributed by atoms with E-state index in [9.17, 15) is 5.11 Å². The van der Waals surface area contributed by atoms with Crippen molar-refractivity contribution >= 4 is 0 Å². The molecule has 3 saturated carbocycles. The summed E-state index contributed by atoms with van der Waals surface area (Å²) in [6.45, 7) is 10.4. The SMILES string of the molecule is C=C1CC[C@H]2[C@H](CN)[C@@H]([C@]3(C)Cc4cnn(C5CCCCC5)c4C[C@@H]3CO)CC[C@]12C. The van der Waals surface area contributed by atoms with E-state index in [1.807, 2.05) is 0 Å². The first-order chi connectivity index (χ1) is 14.9. The van der Waals surface area contributed by atoms with Gasteiger partial charge in [0.05, 0.1) is 12.2 Å². The third-order valence-corrected chi connectivity index (χ3v) is 10.6. The van der Waals surface area contributed by atoms with Gasteiger partial charge in [-0.1, -0.05) is 45.3 Å². The molecule has 0 amide bonds. The highest BCUT2D eigenvalue weighted by Crippen LogP contribution is 2.62. The van der Waals surface area contributed by atoms with Crippen LogP contribution in [0.3, 0.4) is 0 Å². The molecule has 0 aromatic carbocycles. The smallest absolute Gasteiger partial charge is 0.0525 e. The number of aromatic nitrogens is 2. The van der Waals surface area contributed by atoms with Gasteiger partial charge in [0.15, 0.2) is 0 Å². The van der Waals surface area contributed by atoms with Crippen LogP contribution in [0, 0.1) is 34.5 Å². The van der Waals surface area contributed by atoms with E-state index < -0.39 is 0 Å². The van der Waals surface area contributed by atoms with Crippen LogP contribution in [0.2, 0.25) is 0 Å². The van der Waals surface area contributed by atoms with Gasteiger partial charge >= 0.3 is 0 Å². The van der Waals surface area contributed by atoms with Crippen LogP contribution in [-0.2, 0) is 12.8 Å². The summed E-state index contributed by atoms with van der Waals surface area (Å²) in [5.41, 5.74) is 11.2. The van der Waals surface area contributed by atoms with Gasteiger partial charge in [-0.25, -0.2) is 0 Å². The molecule has 3 fully saturated rings. The molecular weight excluding hydrogens is 382 g/mol. The lowest BCUT2D eigenvalue weighted by Gasteiger charge is -2.56. The highest BCUT2D eigenvalue weighted by molar-refractivity contribution is 5.28. The number of nitrogens with two attached hydrogens (primary N) is 1. The van der Waals surface area contributed by atoms with Crippen molar-refractivity contribution in [3.05, 3.63) is 29.6 Å². The molecule has 172 valence electrons. The summed E-state index contributed by atoms with van der Waals surface area (Å²) in [5, 5.41) is 15.5. The van der Waals surface area contributed by atoms with Gasteiger partial charge in [0.1, 0.15) is 0 Å². The third-order valence-electron chi connectivity index (χ3n) is 10.6. The van der Waals surface area contributed by atoms with Gasteiger partial charge in [-0.15, -0.1) is 0 Å². The lowest BCUT2D eigenvalue weighted by Crippen LogP contribution is -2.53. The van der Waals surface area contributed by atoms with E-state index in [1.165, 1.54) is 74.6 Å². The van der Waals surface area contributed by atoms with Crippen molar-refractivity contribution in [3.63, 3.8) is 0 Å². The van der Waals surface area contributed by atoms with Crippen molar-refractivity contribution in [2.45, 2.75) is 90.5 Å². The number of hydrogen-bond donors (Lipinski definition) is 2. The topological polar surface area (TPSA) is 64.1 Å². The number of hydrogen-bond acceptors (Lipinski definition) is 3. The van der Waals surface area contributed by atoms with E-state index in [0.717, 1.165) is 19.4 Å². The van der Waals surface area contributed by atoms with Gasteiger partial charge in [-0.3, -0.25) is 4.68 Å². The zero-order valence-corrected chi connectivity index (χ0v) is 19.8. The van der Waals surface area contributed by atoms with Gasteiger partial charge in [-0.05, 0) is 98.0 Å². The molecule has 3 N–H and O–H groups in total. The minimum absolute atomic E-state index is 0.0947. The van der Waals surface area contributed by atoms with Gasteiger partial charge in [0.25, 0.3) is 0 Å². The van der Waals surface area contributed by atoms with E-state index >= 15 is 0 Å². The Hall–Kier alpha value is -1.13. The standard InChI is InChI=1S/C27H43N3O/c1-18-9-10-23-22(15-28)24(11-12-26(18,23)2)27(3)14-19-16-29-30(21-7-5-4-6-8-21)25(19)13-20(27)17-31/h16,20-24,31H,1,4-15,17,28H2,2-3H3/t20-,22+,23+,24+,26-,27-/m1/s1. The van der Waals surface area contributed by atoms with Gasteiger partial charge in [0.2, 0.25) is 0 Å². The molecule has 0 radical (unpaired) electrons. The molecule has 0 saturated heterocycles. The largest absolute Gasteiger partial charge is 0.396 e. The van der Waals surface area contributed by atoms with Crippen molar-refractivity contribution in [1.29, 1.82) is 0 Å². The number of allylic oxidation sites excluding steroid dienone is 1. The maximum absolute atomic E-state index is 10.6. The molecular formula is C27H43N3O. The fraction of sp³-hybridized carbons (Fsp3) is 0.815. The van der Waals surface area contributed by atoms with Crippen LogP contribution in [0.5, 0.6) is 0 Å². The summed E-state index contributed by atoms with van der Waals surface area (Å²) < 4.78 is 2.36. The first-order valence-corrected chi connectivity index (χ1v) is 13.0. The second-order valence-electron chi connectivity index (χ2n) is 11.8. The molecule has 5 rings (SSSR count). The Morgan fingerprint density at radius 3 is 2.65 bits per heavy atom. The van der Waals surface area contributed by atoms with E-state index in [1.54, 1.807) is 0 Å². The average Bonchev–Trinajstić information content (AvgIpc) is 3.32. The number of rotatable bonds is 4. The Morgan fingerprint density at radius 1 is 1.16 bits per heavy atom. The summed E-state index contributed by atoms with van der Waals surface area (Å²) in [5.74, 6) is 2.06. The molecule has 0 unspecified atom stereocenters. The number of nitrogens with zero attached hydrogens (tertiary/aromatic N) is 2. The monoisotopic (exact) mass is 425 g/mol. The molecule has 4 nitrogen and oxygen atoms in total. The minimum atomic E-state index is 0.0947. The predicted molar refractivity (Wildman–Crippen MR) is 126 cm³/mol. The van der Waals surface area contributed by atoms with Crippen molar-refractivity contribution in [2.75, 3.05) is 13.2 Å². The summed E-state index contributed by atoms with van der Waals surface area (Å²) >= 11 is 0. The highest BCUT2D eigenvalue weighted by Gasteiger charge is 2.56. The molecule has 4 heteroatoms. The van der Waals surface area contributed by atoms with Crippen LogP contribution in [0.25, 0.3) is 0 Å². The van der Waals surface area contributed by atoms with Crippen molar-refractivity contribution in [2.24, 2.45) is 40.2 Å². The normalized spacial score (nSPS) is 41.2. The minimum Gasteiger partial charge on any atom is -0.396 e. The molecule has 1 heterocycles. The number of aliphatic hydroxyl groups excluding tert-OH is 1. The molecule has 0 aliphatic heterocycles. The number of aliphatic hydroxyl groups is 1. The predicted octanol–water partition coefficient (Wildman–Crippen LogP) is 5.06.